The SMILES string of the molecule is CNC1(CO)CCCC(N(C)CC2CCCOC2)C1. The Bertz CT molecular complexity index is 263. The first-order chi connectivity index (χ1) is 9.19. The Balaban J connectivity index is 1.85. The molecule has 112 valence electrons. The quantitative estimate of drug-likeness (QED) is 0.789. The van der Waals surface area contributed by atoms with Gasteiger partial charge in [-0.25, -0.2) is 0 Å². The van der Waals surface area contributed by atoms with Crippen LogP contribution in [0, 0.1) is 5.92 Å². The third-order valence-electron chi connectivity index (χ3n) is 5.08. The van der Waals surface area contributed by atoms with Crippen LogP contribution in [0.5, 0.6) is 0 Å². The Kier molecular flexibility index (Phi) is 5.63. The van der Waals surface area contributed by atoms with Gasteiger partial charge in [0.05, 0.1) is 13.2 Å². The molecule has 2 rings (SSSR count). The van der Waals surface area contributed by atoms with Gasteiger partial charge >= 0.3 is 0 Å². The van der Waals surface area contributed by atoms with Gasteiger partial charge in [0.15, 0.2) is 0 Å². The molecule has 3 unspecified atom stereocenters. The minimum absolute atomic E-state index is 0.0553. The predicted molar refractivity (Wildman–Crippen MR) is 77.3 cm³/mol. The summed E-state index contributed by atoms with van der Waals surface area (Å²) in [6.07, 6.45) is 7.13. The Morgan fingerprint density at radius 2 is 2.21 bits per heavy atom. The molecule has 2 aliphatic rings. The van der Waals surface area contributed by atoms with Gasteiger partial charge in [-0.1, -0.05) is 0 Å². The van der Waals surface area contributed by atoms with Gasteiger partial charge in [-0.2, -0.15) is 0 Å². The summed E-state index contributed by atoms with van der Waals surface area (Å²) in [5, 5.41) is 13.0. The Labute approximate surface area is 117 Å². The molecule has 3 atom stereocenters. The van der Waals surface area contributed by atoms with Gasteiger partial charge in [-0.15, -0.1) is 0 Å². The fourth-order valence-electron chi connectivity index (χ4n) is 3.66. The highest BCUT2D eigenvalue weighted by molar-refractivity contribution is 4.95. The average Bonchev–Trinajstić information content (AvgIpc) is 2.48. The number of ether oxygens (including phenoxy) is 1. The van der Waals surface area contributed by atoms with E-state index in [2.05, 4.69) is 17.3 Å². The molecule has 0 aromatic heterocycles. The van der Waals surface area contributed by atoms with Crippen LogP contribution in [0.25, 0.3) is 0 Å². The van der Waals surface area contributed by atoms with Crippen LogP contribution in [0.2, 0.25) is 0 Å². The normalized spacial score (nSPS) is 36.6. The van der Waals surface area contributed by atoms with E-state index in [4.69, 9.17) is 4.74 Å². The van der Waals surface area contributed by atoms with E-state index in [1.54, 1.807) is 0 Å². The summed E-state index contributed by atoms with van der Waals surface area (Å²) in [6.45, 7) is 3.25. The average molecular weight is 270 g/mol. The molecule has 0 bridgehead atoms. The molecular formula is C15H30N2O2. The number of likely N-dealkylation sites (N-methyl/N-ethyl adjacent to an activating group) is 1. The van der Waals surface area contributed by atoms with Crippen LogP contribution in [0.15, 0.2) is 0 Å². The Morgan fingerprint density at radius 1 is 1.37 bits per heavy atom. The zero-order valence-corrected chi connectivity index (χ0v) is 12.5. The highest BCUT2D eigenvalue weighted by Gasteiger charge is 2.36. The van der Waals surface area contributed by atoms with Crippen LogP contribution in [0.1, 0.15) is 38.5 Å². The van der Waals surface area contributed by atoms with Crippen molar-refractivity contribution in [1.29, 1.82) is 0 Å². The minimum Gasteiger partial charge on any atom is -0.394 e. The number of rotatable bonds is 5. The highest BCUT2D eigenvalue weighted by Crippen LogP contribution is 2.31. The van der Waals surface area contributed by atoms with E-state index in [1.807, 2.05) is 7.05 Å². The van der Waals surface area contributed by atoms with Crippen molar-refractivity contribution in [3.63, 3.8) is 0 Å². The van der Waals surface area contributed by atoms with Gasteiger partial charge in [0.25, 0.3) is 0 Å². The highest BCUT2D eigenvalue weighted by atomic mass is 16.5. The molecule has 1 heterocycles. The zero-order chi connectivity index (χ0) is 13.7. The largest absolute Gasteiger partial charge is 0.394 e. The second-order valence-electron chi connectivity index (χ2n) is 6.46. The topological polar surface area (TPSA) is 44.7 Å². The molecule has 0 radical (unpaired) electrons. The number of hydrogen-bond donors (Lipinski definition) is 2. The summed E-state index contributed by atoms with van der Waals surface area (Å²) >= 11 is 0. The molecule has 0 spiro atoms. The molecule has 0 aromatic carbocycles. The third-order valence-corrected chi connectivity index (χ3v) is 5.08. The predicted octanol–water partition coefficient (Wildman–Crippen LogP) is 1.24. The van der Waals surface area contributed by atoms with E-state index in [0.717, 1.165) is 32.6 Å². The van der Waals surface area contributed by atoms with Gasteiger partial charge < -0.3 is 20.1 Å². The second kappa shape index (κ2) is 7.02. The first-order valence-corrected chi connectivity index (χ1v) is 7.77. The lowest BCUT2D eigenvalue weighted by molar-refractivity contribution is 0.0222. The molecule has 0 aromatic rings. The standard InChI is InChI=1S/C15H30N2O2/c1-16-15(12-18)7-3-6-14(9-15)17(2)10-13-5-4-8-19-11-13/h13-14,16,18H,3-12H2,1-2H3. The summed E-state index contributed by atoms with van der Waals surface area (Å²) in [6, 6.07) is 0.593. The first-order valence-electron chi connectivity index (χ1n) is 7.77. The van der Waals surface area contributed by atoms with Gasteiger partial charge in [0.1, 0.15) is 0 Å². The number of aliphatic hydroxyl groups excluding tert-OH is 1. The second-order valence-corrected chi connectivity index (χ2v) is 6.46. The van der Waals surface area contributed by atoms with Crippen LogP contribution in [0.3, 0.4) is 0 Å². The molecule has 0 amide bonds. The van der Waals surface area contributed by atoms with Crippen molar-refractivity contribution >= 4 is 0 Å². The van der Waals surface area contributed by atoms with Crippen LogP contribution in [-0.4, -0.2) is 62.0 Å². The van der Waals surface area contributed by atoms with Crippen molar-refractivity contribution in [2.45, 2.75) is 50.1 Å². The number of hydrogen-bond acceptors (Lipinski definition) is 4. The molecule has 1 aliphatic heterocycles. The minimum atomic E-state index is -0.0553. The summed E-state index contributed by atoms with van der Waals surface area (Å²) in [7, 11) is 4.22. The molecule has 1 saturated carbocycles. The Hall–Kier alpha value is -0.160. The molecule has 2 N–H and O–H groups in total. The smallest absolute Gasteiger partial charge is 0.0613 e. The van der Waals surface area contributed by atoms with Crippen molar-refractivity contribution in [3.05, 3.63) is 0 Å². The van der Waals surface area contributed by atoms with E-state index < -0.39 is 0 Å². The van der Waals surface area contributed by atoms with E-state index in [0.29, 0.717) is 12.0 Å². The molecular weight excluding hydrogens is 240 g/mol. The monoisotopic (exact) mass is 270 g/mol. The van der Waals surface area contributed by atoms with Crippen LogP contribution >= 0.6 is 0 Å². The lowest BCUT2D eigenvalue weighted by Crippen LogP contribution is -2.54. The number of aliphatic hydroxyl groups is 1. The van der Waals surface area contributed by atoms with Crippen LogP contribution < -0.4 is 5.32 Å². The molecule has 1 aliphatic carbocycles. The van der Waals surface area contributed by atoms with Crippen molar-refractivity contribution < 1.29 is 9.84 Å². The van der Waals surface area contributed by atoms with E-state index in [9.17, 15) is 5.11 Å². The van der Waals surface area contributed by atoms with Crippen LogP contribution in [0.4, 0.5) is 0 Å². The maximum absolute atomic E-state index is 9.66. The molecule has 4 nitrogen and oxygen atoms in total. The van der Waals surface area contributed by atoms with Gasteiger partial charge in [0.2, 0.25) is 0 Å². The lowest BCUT2D eigenvalue weighted by atomic mass is 9.79. The van der Waals surface area contributed by atoms with Crippen molar-refractivity contribution in [2.24, 2.45) is 5.92 Å². The summed E-state index contributed by atoms with van der Waals surface area (Å²) < 4.78 is 5.57. The van der Waals surface area contributed by atoms with Gasteiger partial charge in [-0.05, 0) is 58.5 Å². The summed E-state index contributed by atoms with van der Waals surface area (Å²) in [5.41, 5.74) is -0.0553. The maximum Gasteiger partial charge on any atom is 0.0613 e. The summed E-state index contributed by atoms with van der Waals surface area (Å²) in [5.74, 6) is 0.693. The van der Waals surface area contributed by atoms with Crippen molar-refractivity contribution in [2.75, 3.05) is 40.5 Å². The fraction of sp³-hybridized carbons (Fsp3) is 1.00. The molecule has 2 fully saturated rings. The van der Waals surface area contributed by atoms with Gasteiger partial charge in [-0.3, -0.25) is 0 Å². The lowest BCUT2D eigenvalue weighted by Gasteiger charge is -2.43. The maximum atomic E-state index is 9.66. The number of nitrogens with zero attached hydrogens (tertiary/aromatic N) is 1. The van der Waals surface area contributed by atoms with Crippen molar-refractivity contribution in [1.82, 2.24) is 10.2 Å². The summed E-state index contributed by atoms with van der Waals surface area (Å²) in [4.78, 5) is 2.50. The van der Waals surface area contributed by atoms with E-state index >= 15 is 0 Å². The van der Waals surface area contributed by atoms with E-state index in [-0.39, 0.29) is 12.1 Å². The molecule has 1 saturated heterocycles. The zero-order valence-electron chi connectivity index (χ0n) is 12.5. The number of nitrogens with one attached hydrogen (secondary N) is 1. The first kappa shape index (κ1) is 15.2. The van der Waals surface area contributed by atoms with Gasteiger partial charge in [0, 0.05) is 24.7 Å². The fourth-order valence-corrected chi connectivity index (χ4v) is 3.66. The third kappa shape index (κ3) is 3.91. The molecule has 19 heavy (non-hydrogen) atoms. The van der Waals surface area contributed by atoms with Crippen molar-refractivity contribution in [3.8, 4) is 0 Å². The van der Waals surface area contributed by atoms with Crippen LogP contribution in [-0.2, 0) is 4.74 Å². The van der Waals surface area contributed by atoms with E-state index in [1.165, 1.54) is 25.7 Å². The molecule has 4 heteroatoms. The Morgan fingerprint density at radius 3 is 2.84 bits per heavy atom.